The molecule has 0 bridgehead atoms. The van der Waals surface area contributed by atoms with E-state index in [1.54, 1.807) is 13.0 Å². The van der Waals surface area contributed by atoms with Gasteiger partial charge in [0.15, 0.2) is 17.4 Å². The third-order valence-electron chi connectivity index (χ3n) is 7.04. The van der Waals surface area contributed by atoms with Crippen molar-refractivity contribution in [2.75, 3.05) is 22.3 Å². The molecular weight excluding hydrogens is 559 g/mol. The number of fused-ring (bicyclic) bond motifs is 1. The van der Waals surface area contributed by atoms with Crippen LogP contribution in [0.15, 0.2) is 54.4 Å². The predicted octanol–water partition coefficient (Wildman–Crippen LogP) is 4.73. The van der Waals surface area contributed by atoms with Gasteiger partial charge in [-0.3, -0.25) is 9.10 Å². The van der Waals surface area contributed by atoms with Crippen LogP contribution in [0.2, 0.25) is 0 Å². The van der Waals surface area contributed by atoms with E-state index in [1.165, 1.54) is 41.3 Å². The van der Waals surface area contributed by atoms with E-state index < -0.39 is 39.0 Å². The van der Waals surface area contributed by atoms with E-state index in [0.29, 0.717) is 34.4 Å². The number of nitrogens with two attached hydrogens (primary N) is 1. The standard InChI is InChI=1S/C28H22F3N5O4S/c1-15-8-25(40-27-20(29)4-2-5-21(27)30)33-14-24(15)36-28(32)19(13-34-36)26(37)18-9-16-11-22(31)23(12-17(16)10-18)35-6-3-7-41(35,38)39/h2,4-5,8-9,11-14H,3,6-7,10,32H2,1H3. The van der Waals surface area contributed by atoms with Gasteiger partial charge in [0.05, 0.1) is 35.1 Å². The third kappa shape index (κ3) is 4.61. The van der Waals surface area contributed by atoms with E-state index in [0.717, 1.165) is 16.4 Å². The van der Waals surface area contributed by atoms with Gasteiger partial charge in [0.25, 0.3) is 0 Å². The molecule has 9 nitrogen and oxygen atoms in total. The van der Waals surface area contributed by atoms with Crippen LogP contribution >= 0.6 is 0 Å². The number of pyridine rings is 1. The van der Waals surface area contributed by atoms with Gasteiger partial charge >= 0.3 is 0 Å². The lowest BCUT2D eigenvalue weighted by molar-refractivity contribution is 0.103. The topological polar surface area (TPSA) is 120 Å². The number of carbonyl (C=O) groups excluding carboxylic acids is 1. The fraction of sp³-hybridized carbons (Fsp3) is 0.179. The van der Waals surface area contributed by atoms with Crippen molar-refractivity contribution in [2.24, 2.45) is 0 Å². The van der Waals surface area contributed by atoms with Crippen LogP contribution in [0.5, 0.6) is 11.6 Å². The maximum Gasteiger partial charge on any atom is 0.235 e. The van der Waals surface area contributed by atoms with Crippen LogP contribution < -0.4 is 14.8 Å². The summed E-state index contributed by atoms with van der Waals surface area (Å²) in [6, 6.07) is 7.51. The molecule has 6 rings (SSSR count). The summed E-state index contributed by atoms with van der Waals surface area (Å²) in [5.74, 6) is -3.50. The second-order valence-corrected chi connectivity index (χ2v) is 11.7. The molecule has 0 saturated carbocycles. The highest BCUT2D eigenvalue weighted by molar-refractivity contribution is 7.93. The lowest BCUT2D eigenvalue weighted by atomic mass is 10.0. The van der Waals surface area contributed by atoms with Crippen LogP contribution in [0.1, 0.15) is 33.5 Å². The number of hydrogen-bond donors (Lipinski definition) is 1. The molecule has 0 spiro atoms. The number of allylic oxidation sites excluding steroid dienone is 1. The number of sulfonamides is 1. The van der Waals surface area contributed by atoms with E-state index in [4.69, 9.17) is 10.5 Å². The van der Waals surface area contributed by atoms with Gasteiger partial charge in [-0.2, -0.15) is 5.10 Å². The number of rotatable bonds is 6. The predicted molar refractivity (Wildman–Crippen MR) is 145 cm³/mol. The van der Waals surface area contributed by atoms with Crippen molar-refractivity contribution >= 4 is 33.4 Å². The van der Waals surface area contributed by atoms with Crippen molar-refractivity contribution < 1.29 is 31.1 Å². The molecule has 2 aromatic heterocycles. The number of benzene rings is 2. The molecular formula is C28H22F3N5O4S. The minimum Gasteiger partial charge on any atom is -0.433 e. The van der Waals surface area contributed by atoms with E-state index in [9.17, 15) is 26.4 Å². The monoisotopic (exact) mass is 581 g/mol. The molecule has 41 heavy (non-hydrogen) atoms. The van der Waals surface area contributed by atoms with Crippen molar-refractivity contribution in [3.63, 3.8) is 0 Å². The molecule has 3 heterocycles. The lowest BCUT2D eigenvalue weighted by Crippen LogP contribution is -2.26. The van der Waals surface area contributed by atoms with E-state index in [2.05, 4.69) is 10.1 Å². The van der Waals surface area contributed by atoms with E-state index >= 15 is 0 Å². The van der Waals surface area contributed by atoms with Crippen LogP contribution in [0.25, 0.3) is 11.8 Å². The van der Waals surface area contributed by atoms with Crippen LogP contribution in [-0.4, -0.2) is 41.3 Å². The smallest absolute Gasteiger partial charge is 0.235 e. The van der Waals surface area contributed by atoms with Crippen molar-refractivity contribution in [3.8, 4) is 17.3 Å². The average Bonchev–Trinajstić information content (AvgIpc) is 3.61. The van der Waals surface area contributed by atoms with Gasteiger partial charge in [-0.15, -0.1) is 0 Å². The van der Waals surface area contributed by atoms with Crippen LogP contribution in [0.4, 0.5) is 24.7 Å². The zero-order chi connectivity index (χ0) is 29.1. The first kappa shape index (κ1) is 26.6. The fourth-order valence-electron chi connectivity index (χ4n) is 4.98. The van der Waals surface area contributed by atoms with Gasteiger partial charge < -0.3 is 10.5 Å². The second kappa shape index (κ2) is 9.77. The zero-order valence-corrected chi connectivity index (χ0v) is 22.4. The zero-order valence-electron chi connectivity index (χ0n) is 21.6. The van der Waals surface area contributed by atoms with Gasteiger partial charge in [0.1, 0.15) is 11.6 Å². The summed E-state index contributed by atoms with van der Waals surface area (Å²) in [5.41, 5.74) is 8.80. The van der Waals surface area contributed by atoms with Gasteiger partial charge in [0.2, 0.25) is 21.7 Å². The van der Waals surface area contributed by atoms with Gasteiger partial charge in [-0.05, 0) is 60.4 Å². The normalized spacial score (nSPS) is 15.6. The Bertz CT molecular complexity index is 1870. The lowest BCUT2D eigenvalue weighted by Gasteiger charge is -2.18. The minimum absolute atomic E-state index is 0.0242. The van der Waals surface area contributed by atoms with Crippen molar-refractivity contribution in [2.45, 2.75) is 19.8 Å². The first-order chi connectivity index (χ1) is 19.5. The number of hydrogen-bond acceptors (Lipinski definition) is 7. The Labute approximate surface area is 232 Å². The summed E-state index contributed by atoms with van der Waals surface area (Å²) in [7, 11) is -3.57. The number of nitrogens with zero attached hydrogens (tertiary/aromatic N) is 4. The third-order valence-corrected chi connectivity index (χ3v) is 8.90. The summed E-state index contributed by atoms with van der Waals surface area (Å²) >= 11 is 0. The molecule has 2 aromatic carbocycles. The molecule has 0 radical (unpaired) electrons. The van der Waals surface area contributed by atoms with Crippen molar-refractivity contribution in [3.05, 3.63) is 94.1 Å². The number of carbonyl (C=O) groups is 1. The largest absolute Gasteiger partial charge is 0.433 e. The number of ether oxygens (including phenoxy) is 1. The summed E-state index contributed by atoms with van der Waals surface area (Å²) in [5, 5.41) is 4.24. The molecule has 4 aromatic rings. The number of anilines is 2. The summed E-state index contributed by atoms with van der Waals surface area (Å²) < 4.78 is 75.1. The molecule has 1 aliphatic carbocycles. The Kier molecular flexibility index (Phi) is 6.33. The Morgan fingerprint density at radius 2 is 1.80 bits per heavy atom. The first-order valence-electron chi connectivity index (χ1n) is 12.5. The molecule has 2 N–H and O–H groups in total. The maximum absolute atomic E-state index is 14.9. The quantitative estimate of drug-likeness (QED) is 0.327. The Hall–Kier alpha value is -4.65. The highest BCUT2D eigenvalue weighted by Crippen LogP contribution is 2.36. The number of Topliss-reactive ketones (excluding diaryl/α,β-unsaturated/α-hetero) is 1. The van der Waals surface area contributed by atoms with Gasteiger partial charge in [-0.25, -0.2) is 31.3 Å². The molecule has 2 aliphatic rings. The average molecular weight is 582 g/mol. The maximum atomic E-state index is 14.9. The summed E-state index contributed by atoms with van der Waals surface area (Å²) in [4.78, 5) is 17.5. The molecule has 0 amide bonds. The molecule has 1 saturated heterocycles. The molecule has 0 unspecified atom stereocenters. The molecule has 210 valence electrons. The van der Waals surface area contributed by atoms with Gasteiger partial charge in [-0.1, -0.05) is 6.07 Å². The summed E-state index contributed by atoms with van der Waals surface area (Å²) in [6.07, 6.45) is 4.80. The molecule has 1 aliphatic heterocycles. The summed E-state index contributed by atoms with van der Waals surface area (Å²) in [6.45, 7) is 1.89. The molecule has 1 fully saturated rings. The van der Waals surface area contributed by atoms with Crippen molar-refractivity contribution in [1.82, 2.24) is 14.8 Å². The number of aryl methyl sites for hydroxylation is 1. The fourth-order valence-corrected chi connectivity index (χ4v) is 6.54. The minimum atomic E-state index is -3.57. The Balaban J connectivity index is 1.24. The first-order valence-corrected chi connectivity index (χ1v) is 14.1. The van der Waals surface area contributed by atoms with Gasteiger partial charge in [0, 0.05) is 24.6 Å². The number of para-hydroxylation sites is 1. The highest BCUT2D eigenvalue weighted by Gasteiger charge is 2.32. The number of nitrogen functional groups attached to an aromatic ring is 1. The Morgan fingerprint density at radius 3 is 2.49 bits per heavy atom. The van der Waals surface area contributed by atoms with Crippen molar-refractivity contribution in [1.29, 1.82) is 0 Å². The Morgan fingerprint density at radius 1 is 1.05 bits per heavy atom. The van der Waals surface area contributed by atoms with Crippen LogP contribution in [-0.2, 0) is 16.4 Å². The number of ketones is 1. The van der Waals surface area contributed by atoms with E-state index in [-0.39, 0.29) is 41.7 Å². The highest BCUT2D eigenvalue weighted by atomic mass is 32.2. The number of aromatic nitrogens is 3. The van der Waals surface area contributed by atoms with Crippen LogP contribution in [0.3, 0.4) is 0 Å². The molecule has 13 heteroatoms. The number of halogens is 3. The molecule has 0 atom stereocenters. The second-order valence-electron chi connectivity index (χ2n) is 9.74. The van der Waals surface area contributed by atoms with E-state index in [1.807, 2.05) is 0 Å². The van der Waals surface area contributed by atoms with Crippen LogP contribution in [0, 0.1) is 24.4 Å². The SMILES string of the molecule is Cc1cc(Oc2c(F)cccc2F)ncc1-n1ncc(C(=O)C2=Cc3cc(F)c(N4CCCS4(=O)=O)cc3C2)c1N.